The van der Waals surface area contributed by atoms with Crippen molar-refractivity contribution in [3.8, 4) is 0 Å². The maximum absolute atomic E-state index is 12.3. The molecule has 0 aliphatic rings. The van der Waals surface area contributed by atoms with E-state index in [4.69, 9.17) is 4.74 Å². The summed E-state index contributed by atoms with van der Waals surface area (Å²) in [6.45, 7) is 6.81. The number of ketones is 1. The summed E-state index contributed by atoms with van der Waals surface area (Å²) in [5.41, 5.74) is -0.530. The van der Waals surface area contributed by atoms with Gasteiger partial charge in [-0.15, -0.1) is 0 Å². The third-order valence-corrected chi connectivity index (χ3v) is 2.66. The SMILES string of the molecule is CC(NC(=O)OC(C)(C)C)c1ccc(C(=O)C(F)(F)F)cc1. The van der Waals surface area contributed by atoms with Crippen LogP contribution in [0.15, 0.2) is 24.3 Å². The molecule has 1 atom stereocenters. The molecule has 1 aromatic rings. The average molecular weight is 317 g/mol. The van der Waals surface area contributed by atoms with E-state index in [0.717, 1.165) is 12.1 Å². The molecule has 22 heavy (non-hydrogen) atoms. The number of alkyl carbamates (subject to hydrolysis) is 1. The van der Waals surface area contributed by atoms with E-state index < -0.39 is 35.3 Å². The highest BCUT2D eigenvalue weighted by atomic mass is 19.4. The fraction of sp³-hybridized carbons (Fsp3) is 0.467. The van der Waals surface area contributed by atoms with E-state index in [0.29, 0.717) is 5.56 Å². The number of carbonyl (C=O) groups excluding carboxylic acids is 2. The standard InChI is InChI=1S/C15H18F3NO3/c1-9(19-13(21)22-14(2,3)4)10-5-7-11(8-6-10)12(20)15(16,17)18/h5-9H,1-4H3,(H,19,21). The monoisotopic (exact) mass is 317 g/mol. The quantitative estimate of drug-likeness (QED) is 0.857. The molecule has 1 aromatic carbocycles. The summed E-state index contributed by atoms with van der Waals surface area (Å²) in [5, 5.41) is 2.56. The van der Waals surface area contributed by atoms with Gasteiger partial charge in [0.25, 0.3) is 5.78 Å². The number of halogens is 3. The Bertz CT molecular complexity index is 545. The van der Waals surface area contributed by atoms with E-state index in [1.807, 2.05) is 0 Å². The largest absolute Gasteiger partial charge is 0.454 e. The molecule has 122 valence electrons. The van der Waals surface area contributed by atoms with Crippen LogP contribution in [-0.2, 0) is 4.74 Å². The predicted molar refractivity (Wildman–Crippen MR) is 74.6 cm³/mol. The van der Waals surface area contributed by atoms with Crippen molar-refractivity contribution in [3.63, 3.8) is 0 Å². The molecule has 0 saturated carbocycles. The van der Waals surface area contributed by atoms with Crippen LogP contribution in [0.5, 0.6) is 0 Å². The molecule has 0 aromatic heterocycles. The molecule has 1 unspecified atom stereocenters. The zero-order chi connectivity index (χ0) is 17.1. The van der Waals surface area contributed by atoms with Crippen molar-refractivity contribution in [1.82, 2.24) is 5.32 Å². The van der Waals surface area contributed by atoms with Gasteiger partial charge in [0.15, 0.2) is 0 Å². The Balaban J connectivity index is 2.74. The molecule has 0 bridgehead atoms. The number of benzene rings is 1. The van der Waals surface area contributed by atoms with E-state index in [1.54, 1.807) is 27.7 Å². The van der Waals surface area contributed by atoms with Gasteiger partial charge in [0.2, 0.25) is 0 Å². The van der Waals surface area contributed by atoms with Gasteiger partial charge in [0, 0.05) is 5.56 Å². The lowest BCUT2D eigenvalue weighted by Gasteiger charge is -2.22. The topological polar surface area (TPSA) is 55.4 Å². The van der Waals surface area contributed by atoms with E-state index in [1.165, 1.54) is 12.1 Å². The van der Waals surface area contributed by atoms with Crippen molar-refractivity contribution in [2.45, 2.75) is 45.5 Å². The van der Waals surface area contributed by atoms with Gasteiger partial charge in [-0.05, 0) is 33.3 Å². The Labute approximate surface area is 126 Å². The second-order valence-electron chi connectivity index (χ2n) is 5.82. The predicted octanol–water partition coefficient (Wildman–Crippen LogP) is 4.02. The second kappa shape index (κ2) is 6.37. The number of carbonyl (C=O) groups is 2. The van der Waals surface area contributed by atoms with E-state index in [2.05, 4.69) is 5.32 Å². The number of rotatable bonds is 3. The van der Waals surface area contributed by atoms with Gasteiger partial charge in [-0.1, -0.05) is 24.3 Å². The molecule has 0 radical (unpaired) electrons. The molecule has 1 amide bonds. The highest BCUT2D eigenvalue weighted by molar-refractivity contribution is 6.00. The highest BCUT2D eigenvalue weighted by Gasteiger charge is 2.39. The normalized spacial score (nSPS) is 13.4. The Kier molecular flexibility index (Phi) is 5.22. The van der Waals surface area contributed by atoms with Crippen LogP contribution >= 0.6 is 0 Å². The zero-order valence-electron chi connectivity index (χ0n) is 12.7. The Morgan fingerprint density at radius 3 is 2.00 bits per heavy atom. The molecule has 0 spiro atoms. The number of alkyl halides is 3. The first kappa shape index (κ1) is 18.0. The van der Waals surface area contributed by atoms with Crippen LogP contribution in [0.3, 0.4) is 0 Å². The van der Waals surface area contributed by atoms with Gasteiger partial charge < -0.3 is 10.1 Å². The first-order valence-electron chi connectivity index (χ1n) is 6.61. The van der Waals surface area contributed by atoms with E-state index in [9.17, 15) is 22.8 Å². The fourth-order valence-electron chi connectivity index (χ4n) is 1.65. The Morgan fingerprint density at radius 1 is 1.09 bits per heavy atom. The zero-order valence-corrected chi connectivity index (χ0v) is 12.7. The molecule has 0 fully saturated rings. The van der Waals surface area contributed by atoms with Crippen LogP contribution in [0.1, 0.15) is 49.7 Å². The molecule has 1 rings (SSSR count). The molecule has 1 N–H and O–H groups in total. The van der Waals surface area contributed by atoms with Gasteiger partial charge in [-0.25, -0.2) is 4.79 Å². The van der Waals surface area contributed by atoms with Gasteiger partial charge >= 0.3 is 12.3 Å². The van der Waals surface area contributed by atoms with Crippen LogP contribution in [0, 0.1) is 0 Å². The van der Waals surface area contributed by atoms with Gasteiger partial charge in [-0.2, -0.15) is 13.2 Å². The van der Waals surface area contributed by atoms with Crippen LogP contribution in [0.25, 0.3) is 0 Å². The molecule has 0 aliphatic carbocycles. The first-order valence-corrected chi connectivity index (χ1v) is 6.61. The smallest absolute Gasteiger partial charge is 0.444 e. The summed E-state index contributed by atoms with van der Waals surface area (Å²) in [5.74, 6) is -1.90. The van der Waals surface area contributed by atoms with Gasteiger partial charge in [0.05, 0.1) is 6.04 Å². The molecule has 0 saturated heterocycles. The number of Topliss-reactive ketones (excluding diaryl/α,β-unsaturated/α-hetero) is 1. The number of ether oxygens (including phenoxy) is 1. The van der Waals surface area contributed by atoms with Crippen molar-refractivity contribution in [2.75, 3.05) is 0 Å². The third-order valence-electron chi connectivity index (χ3n) is 2.66. The van der Waals surface area contributed by atoms with Crippen molar-refractivity contribution in [2.24, 2.45) is 0 Å². The fourth-order valence-corrected chi connectivity index (χ4v) is 1.65. The number of hydrogen-bond acceptors (Lipinski definition) is 3. The summed E-state index contributed by atoms with van der Waals surface area (Å²) in [7, 11) is 0. The lowest BCUT2D eigenvalue weighted by Crippen LogP contribution is -2.34. The molecule has 4 nitrogen and oxygen atoms in total. The molecular formula is C15H18F3NO3. The highest BCUT2D eigenvalue weighted by Crippen LogP contribution is 2.23. The molecule has 0 heterocycles. The minimum atomic E-state index is -4.90. The van der Waals surface area contributed by atoms with Crippen molar-refractivity contribution >= 4 is 11.9 Å². The first-order chi connectivity index (χ1) is 9.90. The minimum absolute atomic E-state index is 0.444. The maximum atomic E-state index is 12.3. The van der Waals surface area contributed by atoms with E-state index >= 15 is 0 Å². The lowest BCUT2D eigenvalue weighted by atomic mass is 10.0. The lowest BCUT2D eigenvalue weighted by molar-refractivity contribution is -0.0885. The minimum Gasteiger partial charge on any atom is -0.444 e. The van der Waals surface area contributed by atoms with Crippen molar-refractivity contribution in [1.29, 1.82) is 0 Å². The number of amides is 1. The summed E-state index contributed by atoms with van der Waals surface area (Å²) in [6, 6.07) is 4.42. The summed E-state index contributed by atoms with van der Waals surface area (Å²) in [6.07, 6.45) is -5.53. The maximum Gasteiger partial charge on any atom is 0.454 e. The molecular weight excluding hydrogens is 299 g/mol. The van der Waals surface area contributed by atoms with Crippen molar-refractivity contribution in [3.05, 3.63) is 35.4 Å². The van der Waals surface area contributed by atoms with Crippen LogP contribution in [0.4, 0.5) is 18.0 Å². The van der Waals surface area contributed by atoms with Crippen LogP contribution < -0.4 is 5.32 Å². The third kappa shape index (κ3) is 5.38. The summed E-state index contributed by atoms with van der Waals surface area (Å²) < 4.78 is 42.0. The average Bonchev–Trinajstić information content (AvgIpc) is 2.34. The van der Waals surface area contributed by atoms with Gasteiger partial charge in [-0.3, -0.25) is 4.79 Å². The molecule has 0 aliphatic heterocycles. The number of hydrogen-bond donors (Lipinski definition) is 1. The van der Waals surface area contributed by atoms with Crippen LogP contribution in [0.2, 0.25) is 0 Å². The summed E-state index contributed by atoms with van der Waals surface area (Å²) >= 11 is 0. The number of nitrogens with one attached hydrogen (secondary N) is 1. The molecule has 7 heteroatoms. The Hall–Kier alpha value is -2.05. The second-order valence-corrected chi connectivity index (χ2v) is 5.82. The van der Waals surface area contributed by atoms with Crippen LogP contribution in [-0.4, -0.2) is 23.7 Å². The van der Waals surface area contributed by atoms with E-state index in [-0.39, 0.29) is 0 Å². The van der Waals surface area contributed by atoms with Crippen molar-refractivity contribution < 1.29 is 27.5 Å². The Morgan fingerprint density at radius 2 is 1.59 bits per heavy atom. The van der Waals surface area contributed by atoms with Gasteiger partial charge in [0.1, 0.15) is 5.60 Å². The summed E-state index contributed by atoms with van der Waals surface area (Å²) in [4.78, 5) is 22.7.